The maximum atomic E-state index is 12.0. The Morgan fingerprint density at radius 1 is 1.14 bits per heavy atom. The average Bonchev–Trinajstić information content (AvgIpc) is 2.46. The molecule has 1 aromatic carbocycles. The summed E-state index contributed by atoms with van der Waals surface area (Å²) in [6, 6.07) is 8.04. The molecule has 1 aromatic heterocycles. The number of halogens is 3. The van der Waals surface area contributed by atoms with Crippen LogP contribution in [0.1, 0.15) is 18.5 Å². The molecule has 0 radical (unpaired) electrons. The van der Waals surface area contributed by atoms with Gasteiger partial charge in [0.05, 0.1) is 6.04 Å². The minimum Gasteiger partial charge on any atom is -0.484 e. The van der Waals surface area contributed by atoms with Crippen molar-refractivity contribution in [3.8, 4) is 5.75 Å². The molecule has 0 spiro atoms. The molecule has 1 N–H and O–H groups in total. The summed E-state index contributed by atoms with van der Waals surface area (Å²) < 4.78 is 40.8. The van der Waals surface area contributed by atoms with Crippen LogP contribution in [0, 0.1) is 0 Å². The van der Waals surface area contributed by atoms with Crippen LogP contribution in [0.5, 0.6) is 5.75 Å². The highest BCUT2D eigenvalue weighted by Crippen LogP contribution is 2.22. The summed E-state index contributed by atoms with van der Waals surface area (Å²) in [5, 5.41) is 3.09. The quantitative estimate of drug-likeness (QED) is 0.916. The molecular weight excluding hydrogens is 283 g/mol. The molecule has 21 heavy (non-hydrogen) atoms. The Morgan fingerprint density at radius 2 is 1.76 bits per heavy atom. The first-order valence-corrected chi connectivity index (χ1v) is 6.27. The molecule has 1 unspecified atom stereocenters. The summed E-state index contributed by atoms with van der Waals surface area (Å²) in [6.07, 6.45) is -1.09. The summed E-state index contributed by atoms with van der Waals surface area (Å²) in [5.74, 6) is 0.668. The molecule has 112 valence electrons. The number of nitrogens with zero attached hydrogens (tertiary/aromatic N) is 2. The van der Waals surface area contributed by atoms with Gasteiger partial charge in [0.15, 0.2) is 6.61 Å². The van der Waals surface area contributed by atoms with Crippen LogP contribution in [0.4, 0.5) is 19.1 Å². The number of rotatable bonds is 5. The minimum atomic E-state index is -4.34. The van der Waals surface area contributed by atoms with Gasteiger partial charge >= 0.3 is 6.18 Å². The number of ether oxygens (including phenoxy) is 1. The van der Waals surface area contributed by atoms with E-state index in [2.05, 4.69) is 20.0 Å². The van der Waals surface area contributed by atoms with Crippen LogP contribution in [0.2, 0.25) is 0 Å². The third-order valence-electron chi connectivity index (χ3n) is 2.69. The Hall–Kier alpha value is -2.31. The van der Waals surface area contributed by atoms with Gasteiger partial charge in [0.25, 0.3) is 0 Å². The first-order chi connectivity index (χ1) is 9.94. The second-order valence-electron chi connectivity index (χ2n) is 4.41. The molecule has 0 bridgehead atoms. The minimum absolute atomic E-state index is 0.0796. The van der Waals surface area contributed by atoms with Gasteiger partial charge in [0, 0.05) is 12.4 Å². The van der Waals surface area contributed by atoms with Crippen molar-refractivity contribution in [2.75, 3.05) is 11.9 Å². The molecule has 2 aromatic rings. The number of hydrogen-bond acceptors (Lipinski definition) is 4. The normalized spacial score (nSPS) is 12.8. The highest BCUT2D eigenvalue weighted by atomic mass is 19.4. The molecule has 7 heteroatoms. The molecule has 0 aliphatic heterocycles. The van der Waals surface area contributed by atoms with Gasteiger partial charge in [-0.05, 0) is 30.7 Å². The Kier molecular flexibility index (Phi) is 4.62. The second kappa shape index (κ2) is 6.43. The van der Waals surface area contributed by atoms with E-state index in [4.69, 9.17) is 0 Å². The smallest absolute Gasteiger partial charge is 0.422 e. The summed E-state index contributed by atoms with van der Waals surface area (Å²) >= 11 is 0. The van der Waals surface area contributed by atoms with Crippen molar-refractivity contribution < 1.29 is 17.9 Å². The third-order valence-corrected chi connectivity index (χ3v) is 2.69. The van der Waals surface area contributed by atoms with Gasteiger partial charge in [-0.3, -0.25) is 0 Å². The fraction of sp³-hybridized carbons (Fsp3) is 0.286. The summed E-state index contributed by atoms with van der Waals surface area (Å²) in [5.41, 5.74) is 0.891. The lowest BCUT2D eigenvalue weighted by Crippen LogP contribution is -2.19. The molecule has 0 amide bonds. The number of anilines is 1. The SMILES string of the molecule is CC(Nc1ncccn1)c1ccc(OCC(F)(F)F)cc1. The van der Waals surface area contributed by atoms with Gasteiger partial charge in [0.2, 0.25) is 5.95 Å². The van der Waals surface area contributed by atoms with Crippen molar-refractivity contribution in [2.45, 2.75) is 19.1 Å². The van der Waals surface area contributed by atoms with Crippen LogP contribution in [-0.4, -0.2) is 22.8 Å². The van der Waals surface area contributed by atoms with Crippen molar-refractivity contribution >= 4 is 5.95 Å². The number of benzene rings is 1. The maximum Gasteiger partial charge on any atom is 0.422 e. The lowest BCUT2D eigenvalue weighted by atomic mass is 10.1. The molecule has 0 fully saturated rings. The fourth-order valence-electron chi connectivity index (χ4n) is 1.67. The van der Waals surface area contributed by atoms with E-state index < -0.39 is 12.8 Å². The van der Waals surface area contributed by atoms with E-state index >= 15 is 0 Å². The van der Waals surface area contributed by atoms with Gasteiger partial charge in [-0.2, -0.15) is 13.2 Å². The third kappa shape index (κ3) is 4.94. The average molecular weight is 297 g/mol. The van der Waals surface area contributed by atoms with E-state index in [-0.39, 0.29) is 11.8 Å². The number of hydrogen-bond donors (Lipinski definition) is 1. The maximum absolute atomic E-state index is 12.0. The highest BCUT2D eigenvalue weighted by molar-refractivity contribution is 5.34. The van der Waals surface area contributed by atoms with E-state index in [1.807, 2.05) is 6.92 Å². The Labute approximate surface area is 120 Å². The van der Waals surface area contributed by atoms with Gasteiger partial charge < -0.3 is 10.1 Å². The Balaban J connectivity index is 1.95. The molecule has 4 nitrogen and oxygen atoms in total. The highest BCUT2D eigenvalue weighted by Gasteiger charge is 2.28. The molecule has 1 atom stereocenters. The van der Waals surface area contributed by atoms with Crippen LogP contribution in [0.25, 0.3) is 0 Å². The van der Waals surface area contributed by atoms with E-state index in [1.165, 1.54) is 12.1 Å². The van der Waals surface area contributed by atoms with E-state index in [0.717, 1.165) is 5.56 Å². The zero-order valence-corrected chi connectivity index (χ0v) is 11.3. The Bertz CT molecular complexity index is 558. The van der Waals surface area contributed by atoms with E-state index in [0.29, 0.717) is 5.95 Å². The number of alkyl halides is 3. The predicted octanol–water partition coefficient (Wildman–Crippen LogP) is 3.59. The first-order valence-electron chi connectivity index (χ1n) is 6.27. The predicted molar refractivity (Wildman–Crippen MR) is 72.1 cm³/mol. The molecule has 0 aliphatic rings. The van der Waals surface area contributed by atoms with Crippen LogP contribution in [-0.2, 0) is 0 Å². The van der Waals surface area contributed by atoms with Gasteiger partial charge in [-0.1, -0.05) is 12.1 Å². The zero-order chi connectivity index (χ0) is 15.3. The number of nitrogens with one attached hydrogen (secondary N) is 1. The summed E-state index contributed by atoms with van der Waals surface area (Å²) in [7, 11) is 0. The molecule has 1 heterocycles. The van der Waals surface area contributed by atoms with Gasteiger partial charge in [-0.15, -0.1) is 0 Å². The Morgan fingerprint density at radius 3 is 2.33 bits per heavy atom. The largest absolute Gasteiger partial charge is 0.484 e. The van der Waals surface area contributed by atoms with Crippen molar-refractivity contribution in [1.82, 2.24) is 9.97 Å². The first kappa shape index (κ1) is 15.1. The monoisotopic (exact) mass is 297 g/mol. The fourth-order valence-corrected chi connectivity index (χ4v) is 1.67. The van der Waals surface area contributed by atoms with Crippen LogP contribution in [0.3, 0.4) is 0 Å². The van der Waals surface area contributed by atoms with E-state index in [9.17, 15) is 13.2 Å². The topological polar surface area (TPSA) is 47.0 Å². The van der Waals surface area contributed by atoms with Crippen LogP contribution < -0.4 is 10.1 Å². The molecule has 0 aliphatic carbocycles. The zero-order valence-electron chi connectivity index (χ0n) is 11.3. The molecule has 2 rings (SSSR count). The van der Waals surface area contributed by atoms with Crippen LogP contribution in [0.15, 0.2) is 42.7 Å². The molecule has 0 saturated heterocycles. The standard InChI is InChI=1S/C14H14F3N3O/c1-10(20-13-18-7-2-8-19-13)11-3-5-12(6-4-11)21-9-14(15,16)17/h2-8,10H,9H2,1H3,(H,18,19,20). The number of aromatic nitrogens is 2. The summed E-state index contributed by atoms with van der Waals surface area (Å²) in [4.78, 5) is 8.09. The molecule has 0 saturated carbocycles. The second-order valence-corrected chi connectivity index (χ2v) is 4.41. The summed E-state index contributed by atoms with van der Waals surface area (Å²) in [6.45, 7) is 0.611. The van der Waals surface area contributed by atoms with E-state index in [1.54, 1.807) is 30.6 Å². The van der Waals surface area contributed by atoms with Crippen molar-refractivity contribution in [3.05, 3.63) is 48.3 Å². The van der Waals surface area contributed by atoms with Crippen molar-refractivity contribution in [2.24, 2.45) is 0 Å². The van der Waals surface area contributed by atoms with Gasteiger partial charge in [0.1, 0.15) is 5.75 Å². The van der Waals surface area contributed by atoms with Crippen molar-refractivity contribution in [3.63, 3.8) is 0 Å². The van der Waals surface area contributed by atoms with Gasteiger partial charge in [-0.25, -0.2) is 9.97 Å². The van der Waals surface area contributed by atoms with Crippen molar-refractivity contribution in [1.29, 1.82) is 0 Å². The lowest BCUT2D eigenvalue weighted by Gasteiger charge is -2.15. The lowest BCUT2D eigenvalue weighted by molar-refractivity contribution is -0.153. The van der Waals surface area contributed by atoms with Crippen LogP contribution >= 0.6 is 0 Å². The molecular formula is C14H14F3N3O.